The number of carboxylic acid groups (broad SMARTS) is 1. The van der Waals surface area contributed by atoms with Gasteiger partial charge in [-0.15, -0.1) is 0 Å². The van der Waals surface area contributed by atoms with Crippen LogP contribution in [0.2, 0.25) is 0 Å². The number of carboxylic acids is 1. The molecule has 2 atom stereocenters. The van der Waals surface area contributed by atoms with Gasteiger partial charge in [-0.2, -0.15) is 0 Å². The number of nitrogens with one attached hydrogen (secondary N) is 2. The number of aryl methyl sites for hydroxylation is 1. The SMILES string of the molecule is Cc1[nH]c(C(=O)O)c(C)c1S(=O)(=O)NCC1CCOC1C. The van der Waals surface area contributed by atoms with Gasteiger partial charge in [-0.1, -0.05) is 0 Å². The first kappa shape index (κ1) is 16.0. The van der Waals surface area contributed by atoms with Gasteiger partial charge in [-0.3, -0.25) is 0 Å². The van der Waals surface area contributed by atoms with Gasteiger partial charge in [-0.05, 0) is 27.2 Å². The summed E-state index contributed by atoms with van der Waals surface area (Å²) in [5, 5.41) is 9.04. The zero-order valence-corrected chi connectivity index (χ0v) is 13.1. The molecule has 0 bridgehead atoms. The number of hydrogen-bond acceptors (Lipinski definition) is 4. The Kier molecular flexibility index (Phi) is 4.40. The van der Waals surface area contributed by atoms with Gasteiger partial charge >= 0.3 is 5.97 Å². The van der Waals surface area contributed by atoms with Gasteiger partial charge in [0, 0.05) is 30.3 Å². The molecule has 0 amide bonds. The Morgan fingerprint density at radius 1 is 1.48 bits per heavy atom. The first-order valence-electron chi connectivity index (χ1n) is 6.77. The van der Waals surface area contributed by atoms with Crippen LogP contribution in [0.3, 0.4) is 0 Å². The maximum atomic E-state index is 12.4. The third-order valence-electron chi connectivity index (χ3n) is 3.92. The summed E-state index contributed by atoms with van der Waals surface area (Å²) in [6, 6.07) is 0. The van der Waals surface area contributed by atoms with Crippen LogP contribution in [0.4, 0.5) is 0 Å². The Hall–Kier alpha value is -1.38. The zero-order valence-electron chi connectivity index (χ0n) is 12.3. The number of aromatic nitrogens is 1. The first-order chi connectivity index (χ1) is 9.74. The Balaban J connectivity index is 2.22. The minimum absolute atomic E-state index is 0.0199. The van der Waals surface area contributed by atoms with E-state index in [0.717, 1.165) is 6.42 Å². The number of rotatable bonds is 5. The standard InChI is InChI=1S/C13H20N2O5S/c1-7-11(13(16)17)15-8(2)12(7)21(18,19)14-6-10-4-5-20-9(10)3/h9-10,14-15H,4-6H2,1-3H3,(H,16,17). The Bertz CT molecular complexity index is 650. The van der Waals surface area contributed by atoms with Crippen LogP contribution in [0.15, 0.2) is 4.90 Å². The Morgan fingerprint density at radius 3 is 2.62 bits per heavy atom. The molecule has 0 radical (unpaired) electrons. The van der Waals surface area contributed by atoms with Crippen LogP contribution in [0, 0.1) is 19.8 Å². The predicted molar refractivity (Wildman–Crippen MR) is 75.9 cm³/mol. The number of hydrogen-bond donors (Lipinski definition) is 3. The summed E-state index contributed by atoms with van der Waals surface area (Å²) >= 11 is 0. The molecule has 2 unspecified atom stereocenters. The molecule has 1 aromatic rings. The molecule has 1 fully saturated rings. The molecule has 8 heteroatoms. The predicted octanol–water partition coefficient (Wildman–Crippen LogP) is 1.03. The van der Waals surface area contributed by atoms with E-state index in [2.05, 4.69) is 9.71 Å². The van der Waals surface area contributed by atoms with Crippen LogP contribution in [0.1, 0.15) is 35.1 Å². The number of carbonyl (C=O) groups is 1. The summed E-state index contributed by atoms with van der Waals surface area (Å²) in [4.78, 5) is 13.7. The second kappa shape index (κ2) is 5.78. The van der Waals surface area contributed by atoms with Crippen molar-refractivity contribution in [1.29, 1.82) is 0 Å². The van der Waals surface area contributed by atoms with Crippen molar-refractivity contribution in [2.75, 3.05) is 13.2 Å². The lowest BCUT2D eigenvalue weighted by Crippen LogP contribution is -2.32. The molecule has 0 saturated carbocycles. The maximum absolute atomic E-state index is 12.4. The van der Waals surface area contributed by atoms with Crippen molar-refractivity contribution in [1.82, 2.24) is 9.71 Å². The summed E-state index contributed by atoms with van der Waals surface area (Å²) in [6.07, 6.45) is 0.838. The summed E-state index contributed by atoms with van der Waals surface area (Å²) in [7, 11) is -3.75. The summed E-state index contributed by atoms with van der Waals surface area (Å²) in [5.41, 5.74) is 0.460. The van der Waals surface area contributed by atoms with Crippen molar-refractivity contribution in [3.05, 3.63) is 17.0 Å². The molecule has 21 heavy (non-hydrogen) atoms. The maximum Gasteiger partial charge on any atom is 0.352 e. The third kappa shape index (κ3) is 3.12. The highest BCUT2D eigenvalue weighted by Crippen LogP contribution is 2.24. The molecule has 0 aliphatic carbocycles. The summed E-state index contributed by atoms with van der Waals surface area (Å²) in [6.45, 7) is 5.88. The van der Waals surface area contributed by atoms with Gasteiger partial charge in [-0.25, -0.2) is 17.9 Å². The minimum Gasteiger partial charge on any atom is -0.477 e. The third-order valence-corrected chi connectivity index (χ3v) is 5.62. The van der Waals surface area contributed by atoms with Crippen LogP contribution < -0.4 is 4.72 Å². The van der Waals surface area contributed by atoms with E-state index in [1.807, 2.05) is 6.92 Å². The molecule has 2 rings (SSSR count). The van der Waals surface area contributed by atoms with Gasteiger partial charge in [0.25, 0.3) is 0 Å². The highest BCUT2D eigenvalue weighted by Gasteiger charge is 2.29. The molecule has 0 spiro atoms. The first-order valence-corrected chi connectivity index (χ1v) is 8.26. The van der Waals surface area contributed by atoms with Crippen molar-refractivity contribution in [3.8, 4) is 0 Å². The highest BCUT2D eigenvalue weighted by molar-refractivity contribution is 7.89. The number of H-pyrrole nitrogens is 1. The fourth-order valence-corrected chi connectivity index (χ4v) is 4.22. The minimum atomic E-state index is -3.75. The van der Waals surface area contributed by atoms with Crippen molar-refractivity contribution in [3.63, 3.8) is 0 Å². The molecule has 7 nitrogen and oxygen atoms in total. The summed E-state index contributed by atoms with van der Waals surface area (Å²) < 4.78 is 32.8. The van der Waals surface area contributed by atoms with Gasteiger partial charge in [0.1, 0.15) is 10.6 Å². The fraction of sp³-hybridized carbons (Fsp3) is 0.615. The molecule has 0 aromatic carbocycles. The molecule has 118 valence electrons. The van der Waals surface area contributed by atoms with E-state index in [1.165, 1.54) is 6.92 Å². The topological polar surface area (TPSA) is 108 Å². The molecule has 3 N–H and O–H groups in total. The van der Waals surface area contributed by atoms with Crippen LogP contribution >= 0.6 is 0 Å². The van der Waals surface area contributed by atoms with Crippen LogP contribution in [0.25, 0.3) is 0 Å². The van der Waals surface area contributed by atoms with Gasteiger partial charge < -0.3 is 14.8 Å². The molecular weight excluding hydrogens is 296 g/mol. The second-order valence-electron chi connectivity index (χ2n) is 5.36. The van der Waals surface area contributed by atoms with Crippen LogP contribution in [-0.4, -0.2) is 43.7 Å². The zero-order chi connectivity index (χ0) is 15.8. The number of ether oxygens (including phenoxy) is 1. The number of aromatic amines is 1. The molecule has 1 aliphatic rings. The number of sulfonamides is 1. The van der Waals surface area contributed by atoms with E-state index in [1.54, 1.807) is 6.92 Å². The lowest BCUT2D eigenvalue weighted by atomic mass is 10.0. The van der Waals surface area contributed by atoms with Crippen LogP contribution in [0.5, 0.6) is 0 Å². The van der Waals surface area contributed by atoms with Crippen molar-refractivity contribution < 1.29 is 23.1 Å². The Morgan fingerprint density at radius 2 is 2.14 bits per heavy atom. The molecule has 1 saturated heterocycles. The molecule has 1 aliphatic heterocycles. The Labute approximate surface area is 123 Å². The van der Waals surface area contributed by atoms with Crippen LogP contribution in [-0.2, 0) is 14.8 Å². The highest BCUT2D eigenvalue weighted by atomic mass is 32.2. The number of aromatic carboxylic acids is 1. The van der Waals surface area contributed by atoms with E-state index in [4.69, 9.17) is 9.84 Å². The van der Waals surface area contributed by atoms with Gasteiger partial charge in [0.15, 0.2) is 0 Å². The van der Waals surface area contributed by atoms with Crippen molar-refractivity contribution in [2.45, 2.75) is 38.2 Å². The average molecular weight is 316 g/mol. The smallest absolute Gasteiger partial charge is 0.352 e. The van der Waals surface area contributed by atoms with E-state index in [0.29, 0.717) is 12.3 Å². The molecule has 2 heterocycles. The van der Waals surface area contributed by atoms with Gasteiger partial charge in [0.05, 0.1) is 6.10 Å². The fourth-order valence-electron chi connectivity index (χ4n) is 2.68. The lowest BCUT2D eigenvalue weighted by Gasteiger charge is -2.15. The lowest BCUT2D eigenvalue weighted by molar-refractivity contribution is 0.0690. The van der Waals surface area contributed by atoms with E-state index in [-0.39, 0.29) is 34.7 Å². The molecule has 1 aromatic heterocycles. The van der Waals surface area contributed by atoms with Crippen molar-refractivity contribution >= 4 is 16.0 Å². The van der Waals surface area contributed by atoms with Gasteiger partial charge in [0.2, 0.25) is 10.0 Å². The van der Waals surface area contributed by atoms with E-state index < -0.39 is 16.0 Å². The average Bonchev–Trinajstić information content (AvgIpc) is 2.91. The van der Waals surface area contributed by atoms with E-state index in [9.17, 15) is 13.2 Å². The normalized spacial score (nSPS) is 22.6. The largest absolute Gasteiger partial charge is 0.477 e. The second-order valence-corrected chi connectivity index (χ2v) is 7.06. The molecular formula is C13H20N2O5S. The van der Waals surface area contributed by atoms with Crippen molar-refractivity contribution in [2.24, 2.45) is 5.92 Å². The quantitative estimate of drug-likeness (QED) is 0.752. The summed E-state index contributed by atoms with van der Waals surface area (Å²) in [5.74, 6) is -1.03. The monoisotopic (exact) mass is 316 g/mol. The van der Waals surface area contributed by atoms with E-state index >= 15 is 0 Å².